The third-order valence-corrected chi connectivity index (χ3v) is 4.07. The molecule has 1 aromatic rings. The second kappa shape index (κ2) is 7.24. The van der Waals surface area contributed by atoms with E-state index >= 15 is 0 Å². The van der Waals surface area contributed by atoms with Gasteiger partial charge in [0, 0.05) is 11.8 Å². The molecule has 2 bridgehead atoms. The first-order valence-electron chi connectivity index (χ1n) is 6.43. The summed E-state index contributed by atoms with van der Waals surface area (Å²) in [4.78, 5) is 4.63. The Balaban J connectivity index is 0.000000408. The number of phenols is 1. The summed E-state index contributed by atoms with van der Waals surface area (Å²) in [5.74, 6) is 2.14. The summed E-state index contributed by atoms with van der Waals surface area (Å²) < 4.78 is 0. The number of nitrogens with zero attached hydrogens (tertiary/aromatic N) is 1. The van der Waals surface area contributed by atoms with Crippen LogP contribution in [0.3, 0.4) is 0 Å². The van der Waals surface area contributed by atoms with E-state index in [1.165, 1.54) is 19.3 Å². The van der Waals surface area contributed by atoms with E-state index in [4.69, 9.17) is 17.0 Å². The van der Waals surface area contributed by atoms with Crippen molar-refractivity contribution >= 4 is 23.2 Å². The number of para-hydroxylation sites is 1. The minimum absolute atomic E-state index is 0.372. The molecule has 3 fully saturated rings. The predicted molar refractivity (Wildman–Crippen MR) is 76.8 cm³/mol. The molecular formula is C14H17Cl2NOZr. The van der Waals surface area contributed by atoms with E-state index in [1.54, 1.807) is 0 Å². The number of benzene rings is 1. The van der Waals surface area contributed by atoms with Gasteiger partial charge in [0.05, 0.1) is 6.04 Å². The van der Waals surface area contributed by atoms with Crippen LogP contribution in [0.1, 0.15) is 30.4 Å². The maximum absolute atomic E-state index is 9.86. The van der Waals surface area contributed by atoms with Crippen molar-refractivity contribution in [2.45, 2.75) is 32.2 Å². The van der Waals surface area contributed by atoms with Gasteiger partial charge in [-0.2, -0.15) is 0 Å². The molecular weight excluding hydrogens is 360 g/mol. The molecule has 1 aromatic carbocycles. The van der Waals surface area contributed by atoms with Gasteiger partial charge in [0.15, 0.2) is 0 Å². The molecule has 1 atom stereocenters. The van der Waals surface area contributed by atoms with Gasteiger partial charge in [0.25, 0.3) is 0 Å². The summed E-state index contributed by atoms with van der Waals surface area (Å²) in [7, 11) is 9.87. The fraction of sp³-hybridized carbons (Fsp3) is 0.500. The molecule has 0 radical (unpaired) electrons. The number of aryl methyl sites for hydroxylation is 1. The van der Waals surface area contributed by atoms with Crippen molar-refractivity contribution in [3.8, 4) is 5.75 Å². The molecule has 4 rings (SSSR count). The maximum atomic E-state index is 9.86. The second-order valence-corrected chi connectivity index (χ2v) is 8.99. The van der Waals surface area contributed by atoms with Crippen molar-refractivity contribution in [2.24, 2.45) is 16.8 Å². The molecule has 3 aliphatic carbocycles. The molecule has 5 heteroatoms. The number of hydrogen-bond donors (Lipinski definition) is 1. The van der Waals surface area contributed by atoms with Crippen LogP contribution >= 0.6 is 17.0 Å². The Kier molecular flexibility index (Phi) is 5.93. The summed E-state index contributed by atoms with van der Waals surface area (Å²) in [5, 5.41) is 9.86. The Hall–Kier alpha value is 0.153. The second-order valence-electron chi connectivity index (χ2n) is 5.26. The van der Waals surface area contributed by atoms with Gasteiger partial charge < -0.3 is 5.11 Å². The van der Waals surface area contributed by atoms with Gasteiger partial charge in [0.2, 0.25) is 0 Å². The van der Waals surface area contributed by atoms with E-state index in [9.17, 15) is 5.11 Å². The zero-order valence-electron chi connectivity index (χ0n) is 10.8. The number of aliphatic imine (C=N–C) groups is 1. The molecule has 0 heterocycles. The van der Waals surface area contributed by atoms with E-state index in [0.717, 1.165) is 23.0 Å². The van der Waals surface area contributed by atoms with Crippen molar-refractivity contribution in [2.75, 3.05) is 0 Å². The normalized spacial score (nSPS) is 27.6. The number of rotatable bonds is 2. The van der Waals surface area contributed by atoms with Gasteiger partial charge in [-0.25, -0.2) is 0 Å². The molecule has 102 valence electrons. The standard InChI is InChI=1S/C14H17NO.2ClH.Zr/c1-9-3-2-4-11(14(9)16)8-15-13-7-10-5-12(13)6-10;;;/h2-4,8,10,12-13,16H,5-7H2,1H3;2*1H;/q;;;+2/p-2. The van der Waals surface area contributed by atoms with Crippen LogP contribution in [0.4, 0.5) is 0 Å². The van der Waals surface area contributed by atoms with Crippen LogP contribution in [0, 0.1) is 18.8 Å². The van der Waals surface area contributed by atoms with Gasteiger partial charge in [-0.3, -0.25) is 4.99 Å². The minimum atomic E-state index is -0.826. The van der Waals surface area contributed by atoms with Crippen LogP contribution in [0.25, 0.3) is 0 Å². The summed E-state index contributed by atoms with van der Waals surface area (Å²) in [6, 6.07) is 6.32. The number of halogens is 2. The fourth-order valence-electron chi connectivity index (χ4n) is 2.97. The first-order chi connectivity index (χ1) is 9.15. The van der Waals surface area contributed by atoms with Crippen LogP contribution in [-0.4, -0.2) is 17.4 Å². The first kappa shape index (κ1) is 15.5. The molecule has 3 saturated carbocycles. The average Bonchev–Trinajstić information content (AvgIpc) is 2.90. The van der Waals surface area contributed by atoms with Gasteiger partial charge in [-0.05, 0) is 49.7 Å². The molecule has 0 spiro atoms. The van der Waals surface area contributed by atoms with Gasteiger partial charge in [0.1, 0.15) is 5.75 Å². The molecule has 0 aliphatic heterocycles. The molecule has 1 N–H and O–H groups in total. The van der Waals surface area contributed by atoms with Gasteiger partial charge in [-0.1, -0.05) is 12.1 Å². The van der Waals surface area contributed by atoms with Crippen molar-refractivity contribution in [1.29, 1.82) is 0 Å². The average molecular weight is 377 g/mol. The summed E-state index contributed by atoms with van der Waals surface area (Å²) in [5.41, 5.74) is 1.77. The molecule has 0 saturated heterocycles. The van der Waals surface area contributed by atoms with Crippen molar-refractivity contribution < 1.29 is 26.0 Å². The van der Waals surface area contributed by atoms with Crippen molar-refractivity contribution in [3.05, 3.63) is 29.3 Å². The Morgan fingerprint density at radius 1 is 1.32 bits per heavy atom. The van der Waals surface area contributed by atoms with Crippen LogP contribution < -0.4 is 0 Å². The Labute approximate surface area is 132 Å². The summed E-state index contributed by atoms with van der Waals surface area (Å²) in [6.45, 7) is 1.92. The Morgan fingerprint density at radius 3 is 2.58 bits per heavy atom. The number of phenolic OH excluding ortho intramolecular Hbond substituents is 1. The summed E-state index contributed by atoms with van der Waals surface area (Å²) >= 11 is -0.826. The van der Waals surface area contributed by atoms with E-state index in [1.807, 2.05) is 31.3 Å². The zero-order chi connectivity index (χ0) is 13.8. The Morgan fingerprint density at radius 2 is 2.00 bits per heavy atom. The molecule has 0 amide bonds. The van der Waals surface area contributed by atoms with E-state index in [-0.39, 0.29) is 0 Å². The molecule has 0 aromatic heterocycles. The Bertz CT molecular complexity index is 461. The molecule has 2 nitrogen and oxygen atoms in total. The van der Waals surface area contributed by atoms with Crippen molar-refractivity contribution in [3.63, 3.8) is 0 Å². The van der Waals surface area contributed by atoms with Crippen LogP contribution in [0.2, 0.25) is 0 Å². The fourth-order valence-corrected chi connectivity index (χ4v) is 2.97. The van der Waals surface area contributed by atoms with Gasteiger partial charge >= 0.3 is 37.9 Å². The molecule has 19 heavy (non-hydrogen) atoms. The van der Waals surface area contributed by atoms with Crippen LogP contribution in [0.15, 0.2) is 23.2 Å². The first-order valence-corrected chi connectivity index (χ1v) is 12.8. The van der Waals surface area contributed by atoms with E-state index in [0.29, 0.717) is 11.8 Å². The topological polar surface area (TPSA) is 32.6 Å². The van der Waals surface area contributed by atoms with Crippen LogP contribution in [-0.2, 0) is 20.8 Å². The number of aromatic hydroxyl groups is 1. The number of fused-ring (bicyclic) bond motifs is 1. The quantitative estimate of drug-likeness (QED) is 0.766. The van der Waals surface area contributed by atoms with E-state index < -0.39 is 20.8 Å². The number of hydrogen-bond acceptors (Lipinski definition) is 2. The molecule has 1 unspecified atom stereocenters. The summed E-state index contributed by atoms with van der Waals surface area (Å²) in [6.07, 6.45) is 5.87. The van der Waals surface area contributed by atoms with Crippen LogP contribution in [0.5, 0.6) is 5.75 Å². The SMILES string of the molecule is Cc1cccc(C=NC2CC3CC2C3)c1O.[Cl][Zr][Cl]. The third-order valence-electron chi connectivity index (χ3n) is 4.07. The van der Waals surface area contributed by atoms with E-state index in [2.05, 4.69) is 4.99 Å². The molecule has 3 aliphatic rings. The predicted octanol–water partition coefficient (Wildman–Crippen LogP) is 4.29. The monoisotopic (exact) mass is 375 g/mol. The van der Waals surface area contributed by atoms with Gasteiger partial charge in [-0.15, -0.1) is 0 Å². The van der Waals surface area contributed by atoms with Crippen molar-refractivity contribution in [1.82, 2.24) is 0 Å². The zero-order valence-corrected chi connectivity index (χ0v) is 14.8. The third kappa shape index (κ3) is 3.83.